The summed E-state index contributed by atoms with van der Waals surface area (Å²) < 4.78 is 5.83. The van der Waals surface area contributed by atoms with Crippen LogP contribution < -0.4 is 5.32 Å². The van der Waals surface area contributed by atoms with Gasteiger partial charge >= 0.3 is 5.97 Å². The predicted molar refractivity (Wildman–Crippen MR) is 195 cm³/mol. The lowest BCUT2D eigenvalue weighted by molar-refractivity contribution is -0.151. The Kier molecular flexibility index (Phi) is 33.9. The minimum absolute atomic E-state index is 0.0780. The standard InChI is InChI=1S/C40H77NO5/c1-4-7-10-13-16-18-19-21-24-27-30-33-40(45)46-36(31-28-25-22-15-12-9-6-3)34-39(44)41-37(35-42)38(43)32-29-26-23-20-17-14-11-8-5-2/h13,16,36-38,42-43H,4-12,14-15,17-35H2,1-3H3,(H,41,44)/b16-13-. The molecular weight excluding hydrogens is 574 g/mol. The van der Waals surface area contributed by atoms with E-state index in [1.165, 1.54) is 103 Å². The number of hydrogen-bond acceptors (Lipinski definition) is 5. The van der Waals surface area contributed by atoms with Crippen LogP contribution in [0, 0.1) is 0 Å². The van der Waals surface area contributed by atoms with Gasteiger partial charge in [-0.3, -0.25) is 9.59 Å². The van der Waals surface area contributed by atoms with Crippen molar-refractivity contribution in [3.63, 3.8) is 0 Å². The van der Waals surface area contributed by atoms with Crippen molar-refractivity contribution in [3.8, 4) is 0 Å². The van der Waals surface area contributed by atoms with E-state index in [0.29, 0.717) is 19.3 Å². The second kappa shape index (κ2) is 34.9. The van der Waals surface area contributed by atoms with Gasteiger partial charge in [0.15, 0.2) is 0 Å². The summed E-state index contributed by atoms with van der Waals surface area (Å²) in [5, 5.41) is 23.4. The van der Waals surface area contributed by atoms with Crippen LogP contribution in [0.1, 0.15) is 207 Å². The van der Waals surface area contributed by atoms with E-state index < -0.39 is 18.2 Å². The first-order valence-corrected chi connectivity index (χ1v) is 19.9. The molecule has 0 rings (SSSR count). The van der Waals surface area contributed by atoms with E-state index in [2.05, 4.69) is 38.2 Å². The van der Waals surface area contributed by atoms with Crippen LogP contribution in [0.15, 0.2) is 12.2 Å². The molecule has 1 amide bonds. The summed E-state index contributed by atoms with van der Waals surface area (Å²) in [6.07, 6.45) is 34.2. The van der Waals surface area contributed by atoms with Gasteiger partial charge in [0.1, 0.15) is 6.10 Å². The van der Waals surface area contributed by atoms with Gasteiger partial charge in [-0.1, -0.05) is 161 Å². The molecule has 0 fully saturated rings. The summed E-state index contributed by atoms with van der Waals surface area (Å²) in [6.45, 7) is 6.37. The number of hydrogen-bond donors (Lipinski definition) is 3. The van der Waals surface area contributed by atoms with Gasteiger partial charge in [0.25, 0.3) is 0 Å². The quantitative estimate of drug-likeness (QED) is 0.0360. The molecule has 272 valence electrons. The van der Waals surface area contributed by atoms with Gasteiger partial charge in [-0.05, 0) is 44.9 Å². The maximum Gasteiger partial charge on any atom is 0.306 e. The smallest absolute Gasteiger partial charge is 0.306 e. The zero-order valence-corrected chi connectivity index (χ0v) is 30.7. The van der Waals surface area contributed by atoms with E-state index in [1.54, 1.807) is 0 Å². The fraction of sp³-hybridized carbons (Fsp3) is 0.900. The fourth-order valence-electron chi connectivity index (χ4n) is 6.00. The third-order valence-corrected chi connectivity index (χ3v) is 9.09. The van der Waals surface area contributed by atoms with Gasteiger partial charge in [-0.25, -0.2) is 0 Å². The van der Waals surface area contributed by atoms with E-state index in [4.69, 9.17) is 4.74 Å². The highest BCUT2D eigenvalue weighted by Gasteiger charge is 2.24. The molecule has 0 aliphatic heterocycles. The number of unbranched alkanes of at least 4 members (excludes halogenated alkanes) is 21. The van der Waals surface area contributed by atoms with E-state index >= 15 is 0 Å². The molecule has 0 aromatic rings. The fourth-order valence-corrected chi connectivity index (χ4v) is 6.00. The summed E-state index contributed by atoms with van der Waals surface area (Å²) in [7, 11) is 0. The molecule has 0 aromatic carbocycles. The molecular formula is C40H77NO5. The summed E-state index contributed by atoms with van der Waals surface area (Å²) in [4.78, 5) is 25.7. The molecule has 46 heavy (non-hydrogen) atoms. The molecule has 6 heteroatoms. The lowest BCUT2D eigenvalue weighted by Gasteiger charge is -2.24. The highest BCUT2D eigenvalue weighted by Crippen LogP contribution is 2.17. The van der Waals surface area contributed by atoms with Crippen LogP contribution >= 0.6 is 0 Å². The second-order valence-electron chi connectivity index (χ2n) is 13.7. The summed E-state index contributed by atoms with van der Waals surface area (Å²) in [5.41, 5.74) is 0. The molecule has 3 atom stereocenters. The molecule has 3 N–H and O–H groups in total. The lowest BCUT2D eigenvalue weighted by atomic mass is 10.0. The van der Waals surface area contributed by atoms with E-state index in [9.17, 15) is 19.8 Å². The Morgan fingerprint density at radius 3 is 1.61 bits per heavy atom. The zero-order chi connectivity index (χ0) is 33.9. The molecule has 0 bridgehead atoms. The molecule has 0 radical (unpaired) electrons. The Labute approximate surface area is 285 Å². The molecule has 0 spiro atoms. The third-order valence-electron chi connectivity index (χ3n) is 9.09. The van der Waals surface area contributed by atoms with Crippen LogP contribution in [0.3, 0.4) is 0 Å². The van der Waals surface area contributed by atoms with Crippen LogP contribution in [0.25, 0.3) is 0 Å². The molecule has 0 heterocycles. The second-order valence-corrected chi connectivity index (χ2v) is 13.7. The van der Waals surface area contributed by atoms with Crippen molar-refractivity contribution in [1.29, 1.82) is 0 Å². The topological polar surface area (TPSA) is 95.9 Å². The average molecular weight is 652 g/mol. The van der Waals surface area contributed by atoms with Crippen LogP contribution in [0.2, 0.25) is 0 Å². The van der Waals surface area contributed by atoms with Crippen molar-refractivity contribution < 1.29 is 24.5 Å². The summed E-state index contributed by atoms with van der Waals surface area (Å²) in [5.74, 6) is -0.488. The number of nitrogens with one attached hydrogen (secondary N) is 1. The minimum Gasteiger partial charge on any atom is -0.462 e. The van der Waals surface area contributed by atoms with Gasteiger partial charge in [0.2, 0.25) is 5.91 Å². The largest absolute Gasteiger partial charge is 0.462 e. The highest BCUT2D eigenvalue weighted by molar-refractivity contribution is 5.77. The first kappa shape index (κ1) is 44.6. The van der Waals surface area contributed by atoms with Crippen molar-refractivity contribution in [2.75, 3.05) is 6.61 Å². The van der Waals surface area contributed by atoms with Crippen molar-refractivity contribution in [2.45, 2.75) is 225 Å². The van der Waals surface area contributed by atoms with Crippen LogP contribution in [-0.4, -0.2) is 46.9 Å². The van der Waals surface area contributed by atoms with Crippen molar-refractivity contribution in [3.05, 3.63) is 12.2 Å². The van der Waals surface area contributed by atoms with E-state index in [-0.39, 0.29) is 24.9 Å². The molecule has 0 aliphatic rings. The summed E-state index contributed by atoms with van der Waals surface area (Å²) in [6, 6.07) is -0.691. The van der Waals surface area contributed by atoms with Gasteiger partial charge < -0.3 is 20.3 Å². The maximum atomic E-state index is 13.0. The Bertz CT molecular complexity index is 697. The number of aliphatic hydroxyl groups excluding tert-OH is 2. The normalized spacial score (nSPS) is 13.6. The van der Waals surface area contributed by atoms with Crippen LogP contribution in [0.4, 0.5) is 0 Å². The Hall–Kier alpha value is -1.40. The summed E-state index contributed by atoms with van der Waals surface area (Å²) >= 11 is 0. The number of esters is 1. The van der Waals surface area contributed by atoms with Crippen LogP contribution in [-0.2, 0) is 14.3 Å². The average Bonchev–Trinajstić information content (AvgIpc) is 3.04. The predicted octanol–water partition coefficient (Wildman–Crippen LogP) is 10.7. The van der Waals surface area contributed by atoms with Crippen molar-refractivity contribution >= 4 is 11.9 Å². The molecule has 0 aliphatic carbocycles. The zero-order valence-electron chi connectivity index (χ0n) is 30.7. The lowest BCUT2D eigenvalue weighted by Crippen LogP contribution is -2.46. The number of rotatable bonds is 35. The van der Waals surface area contributed by atoms with Gasteiger partial charge in [-0.2, -0.15) is 0 Å². The Balaban J connectivity index is 4.53. The Morgan fingerprint density at radius 2 is 1.07 bits per heavy atom. The monoisotopic (exact) mass is 652 g/mol. The van der Waals surface area contributed by atoms with Crippen LogP contribution in [0.5, 0.6) is 0 Å². The number of carbonyl (C=O) groups is 2. The number of amides is 1. The number of ether oxygens (including phenoxy) is 1. The number of allylic oxidation sites excluding steroid dienone is 2. The molecule has 6 nitrogen and oxygen atoms in total. The van der Waals surface area contributed by atoms with E-state index in [1.807, 2.05) is 0 Å². The van der Waals surface area contributed by atoms with Gasteiger partial charge in [0, 0.05) is 6.42 Å². The van der Waals surface area contributed by atoms with Crippen molar-refractivity contribution in [2.24, 2.45) is 0 Å². The van der Waals surface area contributed by atoms with Gasteiger partial charge in [0.05, 0.1) is 25.2 Å². The Morgan fingerprint density at radius 1 is 0.609 bits per heavy atom. The van der Waals surface area contributed by atoms with E-state index in [0.717, 1.165) is 57.8 Å². The third kappa shape index (κ3) is 30.0. The molecule has 0 saturated carbocycles. The molecule has 0 aromatic heterocycles. The van der Waals surface area contributed by atoms with Crippen molar-refractivity contribution in [1.82, 2.24) is 5.32 Å². The minimum atomic E-state index is -0.778. The first-order valence-electron chi connectivity index (χ1n) is 19.9. The maximum absolute atomic E-state index is 13.0. The number of aliphatic hydroxyl groups is 2. The van der Waals surface area contributed by atoms with Gasteiger partial charge in [-0.15, -0.1) is 0 Å². The number of carbonyl (C=O) groups excluding carboxylic acids is 2. The molecule has 0 saturated heterocycles. The first-order chi connectivity index (χ1) is 22.5. The molecule has 3 unspecified atom stereocenters. The highest BCUT2D eigenvalue weighted by atomic mass is 16.5. The SMILES string of the molecule is CCCC/C=C\CCCCCCCC(=O)OC(CCCCCCCCC)CC(=O)NC(CO)C(O)CCCCCCCCCCC.